The highest BCUT2D eigenvalue weighted by Crippen LogP contribution is 2.43. The predicted molar refractivity (Wildman–Crippen MR) is 270 cm³/mol. The van der Waals surface area contributed by atoms with Crippen molar-refractivity contribution in [2.24, 2.45) is 5.73 Å². The molecule has 0 aliphatic heterocycles. The molecule has 0 aliphatic rings. The van der Waals surface area contributed by atoms with Crippen molar-refractivity contribution < 1.29 is 37.6 Å². The van der Waals surface area contributed by atoms with Gasteiger partial charge in [-0.15, -0.1) is 0 Å². The van der Waals surface area contributed by atoms with Gasteiger partial charge in [0, 0.05) is 19.4 Å². The summed E-state index contributed by atoms with van der Waals surface area (Å²) in [5.74, 6) is -0.828. The van der Waals surface area contributed by atoms with Crippen LogP contribution in [0.3, 0.4) is 0 Å². The van der Waals surface area contributed by atoms with Crippen molar-refractivity contribution in [3.8, 4) is 0 Å². The molecule has 0 fully saturated rings. The van der Waals surface area contributed by atoms with E-state index in [1.54, 1.807) is 0 Å². The predicted octanol–water partition coefficient (Wildman–Crippen LogP) is 15.8. The van der Waals surface area contributed by atoms with Crippen LogP contribution in [-0.4, -0.2) is 49.3 Å². The van der Waals surface area contributed by atoms with Gasteiger partial charge in [0.15, 0.2) is 6.10 Å². The summed E-state index contributed by atoms with van der Waals surface area (Å²) < 4.78 is 32.9. The molecule has 0 amide bonds. The minimum atomic E-state index is -4.38. The van der Waals surface area contributed by atoms with Gasteiger partial charge in [0.2, 0.25) is 0 Å². The third kappa shape index (κ3) is 48.9. The number of rotatable bonds is 48. The maximum Gasteiger partial charge on any atom is 0.472 e. The highest BCUT2D eigenvalue weighted by atomic mass is 31.2. The van der Waals surface area contributed by atoms with E-state index in [2.05, 4.69) is 86.8 Å². The molecule has 9 nitrogen and oxygen atoms in total. The molecule has 370 valence electrons. The molecule has 3 N–H and O–H groups in total. The summed E-state index contributed by atoms with van der Waals surface area (Å²) >= 11 is 0. The standard InChI is InChI=1S/C54H96NO8P/c1-3-5-7-9-11-13-15-17-18-19-20-21-22-23-24-25-26-27-28-29-30-31-32-33-34-35-37-39-41-43-45-47-54(57)63-52(51-62-64(58,59)61-49-48-55)50-60-53(56)46-44-42-40-38-36-16-14-12-10-8-6-4-2/h5,7,11,13,17-18,20-21,23-24,26-27,52H,3-4,6,8-10,12,14-16,19,22,25,28-51,55H2,1-2H3,(H,58,59)/b7-5-,13-11-,18-17-,21-20-,24-23-,27-26-. The number of allylic oxidation sites excluding steroid dienone is 12. The summed E-state index contributed by atoms with van der Waals surface area (Å²) in [6.45, 7) is 3.62. The van der Waals surface area contributed by atoms with Gasteiger partial charge in [-0.1, -0.05) is 222 Å². The van der Waals surface area contributed by atoms with E-state index in [0.29, 0.717) is 6.42 Å². The molecule has 0 rings (SSSR count). The number of phosphoric ester groups is 1. The number of ether oxygens (including phenoxy) is 2. The van der Waals surface area contributed by atoms with Crippen LogP contribution in [0.25, 0.3) is 0 Å². The topological polar surface area (TPSA) is 134 Å². The Labute approximate surface area is 392 Å². The maximum atomic E-state index is 12.6. The van der Waals surface area contributed by atoms with Crippen LogP contribution in [0.4, 0.5) is 0 Å². The SMILES string of the molecule is CC/C=C\C/C=C\C/C=C\C/C=C\C/C=C\C/C=C\CCCCCCCCCCCCCCC(=O)OC(COC(=O)CCCCCCCCCCCCCC)COP(=O)(O)OCCN. The summed E-state index contributed by atoms with van der Waals surface area (Å²) in [4.78, 5) is 35.0. The molecule has 0 heterocycles. The highest BCUT2D eigenvalue weighted by Gasteiger charge is 2.26. The molecule has 0 aromatic heterocycles. The smallest absolute Gasteiger partial charge is 0.462 e. The second kappa shape index (κ2) is 49.9. The van der Waals surface area contributed by atoms with Crippen LogP contribution < -0.4 is 5.73 Å². The zero-order valence-corrected chi connectivity index (χ0v) is 41.9. The quantitative estimate of drug-likeness (QED) is 0.0265. The van der Waals surface area contributed by atoms with E-state index in [9.17, 15) is 19.0 Å². The van der Waals surface area contributed by atoms with Crippen molar-refractivity contribution in [2.45, 2.75) is 232 Å². The second-order valence-corrected chi connectivity index (χ2v) is 18.5. The number of hydrogen-bond acceptors (Lipinski definition) is 8. The molecule has 0 radical (unpaired) electrons. The van der Waals surface area contributed by atoms with Crippen LogP contribution in [-0.2, 0) is 32.7 Å². The number of unbranched alkanes of at least 4 members (excludes halogenated alkanes) is 23. The Bertz CT molecular complexity index is 1280. The molecule has 0 bridgehead atoms. The minimum absolute atomic E-state index is 0.0520. The maximum absolute atomic E-state index is 12.6. The number of phosphoric acid groups is 1. The van der Waals surface area contributed by atoms with Gasteiger partial charge in [0.05, 0.1) is 13.2 Å². The Morgan fingerprint density at radius 3 is 1.28 bits per heavy atom. The largest absolute Gasteiger partial charge is 0.472 e. The Hall–Kier alpha value is -2.55. The number of carbonyl (C=O) groups is 2. The van der Waals surface area contributed by atoms with E-state index < -0.39 is 26.5 Å². The van der Waals surface area contributed by atoms with Crippen molar-refractivity contribution in [1.29, 1.82) is 0 Å². The van der Waals surface area contributed by atoms with E-state index in [1.807, 2.05) is 0 Å². The van der Waals surface area contributed by atoms with Crippen LogP contribution in [0.2, 0.25) is 0 Å². The molecule has 64 heavy (non-hydrogen) atoms. The lowest BCUT2D eigenvalue weighted by Gasteiger charge is -2.19. The van der Waals surface area contributed by atoms with E-state index in [0.717, 1.165) is 77.0 Å². The van der Waals surface area contributed by atoms with Crippen molar-refractivity contribution in [3.63, 3.8) is 0 Å². The van der Waals surface area contributed by atoms with Gasteiger partial charge in [-0.2, -0.15) is 0 Å². The first-order valence-corrected chi connectivity index (χ1v) is 27.4. The van der Waals surface area contributed by atoms with Gasteiger partial charge in [-0.25, -0.2) is 4.57 Å². The first kappa shape index (κ1) is 61.5. The van der Waals surface area contributed by atoms with Crippen LogP contribution in [0.15, 0.2) is 72.9 Å². The molecule has 2 atom stereocenters. The Morgan fingerprint density at radius 2 is 0.859 bits per heavy atom. The highest BCUT2D eigenvalue weighted by molar-refractivity contribution is 7.47. The zero-order chi connectivity index (χ0) is 46.7. The second-order valence-electron chi connectivity index (χ2n) is 17.0. The lowest BCUT2D eigenvalue weighted by atomic mass is 10.0. The summed E-state index contributed by atoms with van der Waals surface area (Å²) in [5.41, 5.74) is 5.36. The van der Waals surface area contributed by atoms with Crippen molar-refractivity contribution in [3.05, 3.63) is 72.9 Å². The van der Waals surface area contributed by atoms with Crippen molar-refractivity contribution in [2.75, 3.05) is 26.4 Å². The zero-order valence-electron chi connectivity index (χ0n) is 41.0. The van der Waals surface area contributed by atoms with E-state index in [4.69, 9.17) is 24.3 Å². The molecule has 0 aromatic rings. The van der Waals surface area contributed by atoms with Crippen LogP contribution in [0.1, 0.15) is 226 Å². The van der Waals surface area contributed by atoms with E-state index in [1.165, 1.54) is 116 Å². The molecular weight excluding hydrogens is 822 g/mol. The molecule has 0 spiro atoms. The van der Waals surface area contributed by atoms with Gasteiger partial charge in [-0.05, 0) is 64.2 Å². The molecule has 10 heteroatoms. The summed E-state index contributed by atoms with van der Waals surface area (Å²) in [7, 11) is -4.38. The van der Waals surface area contributed by atoms with E-state index in [-0.39, 0.29) is 38.6 Å². The first-order chi connectivity index (χ1) is 31.3. The molecule has 2 unspecified atom stereocenters. The average Bonchev–Trinajstić information content (AvgIpc) is 3.28. The fourth-order valence-corrected chi connectivity index (χ4v) is 7.82. The van der Waals surface area contributed by atoms with Gasteiger partial charge in [0.1, 0.15) is 6.61 Å². The van der Waals surface area contributed by atoms with Gasteiger partial charge in [-0.3, -0.25) is 18.6 Å². The van der Waals surface area contributed by atoms with Crippen molar-refractivity contribution >= 4 is 19.8 Å². The third-order valence-corrected chi connectivity index (χ3v) is 11.8. The molecular formula is C54H96NO8P. The van der Waals surface area contributed by atoms with Gasteiger partial charge in [0.25, 0.3) is 0 Å². The van der Waals surface area contributed by atoms with Crippen molar-refractivity contribution in [1.82, 2.24) is 0 Å². The normalized spacial score (nSPS) is 13.8. The number of hydrogen-bond donors (Lipinski definition) is 2. The average molecular weight is 918 g/mol. The minimum Gasteiger partial charge on any atom is -0.462 e. The van der Waals surface area contributed by atoms with E-state index >= 15 is 0 Å². The Kier molecular flexibility index (Phi) is 47.9. The summed E-state index contributed by atoms with van der Waals surface area (Å²) in [6, 6.07) is 0. The molecule has 0 aromatic carbocycles. The molecule has 0 saturated carbocycles. The fraction of sp³-hybridized carbons (Fsp3) is 0.741. The lowest BCUT2D eigenvalue weighted by molar-refractivity contribution is -0.161. The third-order valence-electron chi connectivity index (χ3n) is 10.9. The number of carbonyl (C=O) groups excluding carboxylic acids is 2. The van der Waals surface area contributed by atoms with Crippen LogP contribution in [0, 0.1) is 0 Å². The van der Waals surface area contributed by atoms with Crippen LogP contribution in [0.5, 0.6) is 0 Å². The molecule has 0 saturated heterocycles. The molecule has 0 aliphatic carbocycles. The van der Waals surface area contributed by atoms with Crippen LogP contribution >= 0.6 is 7.82 Å². The summed E-state index contributed by atoms with van der Waals surface area (Å²) in [6.07, 6.45) is 62.3. The summed E-state index contributed by atoms with van der Waals surface area (Å²) in [5, 5.41) is 0. The number of nitrogens with two attached hydrogens (primary N) is 1. The Morgan fingerprint density at radius 1 is 0.484 bits per heavy atom. The lowest BCUT2D eigenvalue weighted by Crippen LogP contribution is -2.29. The Balaban J connectivity index is 3.96. The van der Waals surface area contributed by atoms with Gasteiger partial charge < -0.3 is 20.1 Å². The fourth-order valence-electron chi connectivity index (χ4n) is 7.05. The first-order valence-electron chi connectivity index (χ1n) is 25.9. The monoisotopic (exact) mass is 918 g/mol. The number of esters is 2. The van der Waals surface area contributed by atoms with Gasteiger partial charge >= 0.3 is 19.8 Å².